The van der Waals surface area contributed by atoms with E-state index in [4.69, 9.17) is 9.84 Å². The maximum Gasteiger partial charge on any atom is 0.322 e. The van der Waals surface area contributed by atoms with Crippen molar-refractivity contribution in [2.24, 2.45) is 0 Å². The molecule has 0 heterocycles. The summed E-state index contributed by atoms with van der Waals surface area (Å²) in [5.41, 5.74) is 0. The van der Waals surface area contributed by atoms with Crippen LogP contribution in [-0.2, 0) is 19.1 Å². The van der Waals surface area contributed by atoms with Gasteiger partial charge in [0.05, 0.1) is 0 Å². The first-order valence-corrected chi connectivity index (χ1v) is 17.3. The topological polar surface area (TPSA) is 92.7 Å². The van der Waals surface area contributed by atoms with Crippen molar-refractivity contribution < 1.29 is 24.2 Å². The summed E-state index contributed by atoms with van der Waals surface area (Å²) in [6.45, 7) is 4.08. The Morgan fingerprint density at radius 3 is 1.84 bits per heavy atom. The number of carbonyl (C=O) groups excluding carboxylic acids is 2. The first kappa shape index (κ1) is 40.4. The van der Waals surface area contributed by atoms with Gasteiger partial charge in [-0.25, -0.2) is 0 Å². The lowest BCUT2D eigenvalue weighted by molar-refractivity contribution is -0.147. The van der Waals surface area contributed by atoms with Crippen LogP contribution >= 0.6 is 0 Å². The summed E-state index contributed by atoms with van der Waals surface area (Å²) in [4.78, 5) is 34.7. The fourth-order valence-corrected chi connectivity index (χ4v) is 4.62. The number of carboxylic acids is 1. The van der Waals surface area contributed by atoms with Gasteiger partial charge in [-0.2, -0.15) is 0 Å². The van der Waals surface area contributed by atoms with E-state index in [0.29, 0.717) is 12.8 Å². The number of nitrogens with one attached hydrogen (secondary N) is 1. The molecule has 0 aliphatic carbocycles. The van der Waals surface area contributed by atoms with Crippen LogP contribution in [-0.4, -0.2) is 35.6 Å². The molecule has 0 aliphatic heterocycles. The van der Waals surface area contributed by atoms with Crippen molar-refractivity contribution in [1.29, 1.82) is 0 Å². The Morgan fingerprint density at radius 2 is 1.19 bits per heavy atom. The summed E-state index contributed by atoms with van der Waals surface area (Å²) in [5, 5.41) is 11.0. The number of rotatable bonds is 30. The van der Waals surface area contributed by atoms with Gasteiger partial charge in [0.15, 0.2) is 0 Å². The Kier molecular flexibility index (Phi) is 30.3. The summed E-state index contributed by atoms with van der Waals surface area (Å²) in [7, 11) is 0. The second kappa shape index (κ2) is 32.3. The van der Waals surface area contributed by atoms with Crippen LogP contribution in [0.4, 0.5) is 0 Å². The molecule has 6 heteroatoms. The molecule has 246 valence electrons. The molecule has 2 N–H and O–H groups in total. The van der Waals surface area contributed by atoms with E-state index < -0.39 is 5.97 Å². The predicted octanol–water partition coefficient (Wildman–Crippen LogP) is 9.95. The summed E-state index contributed by atoms with van der Waals surface area (Å²) in [6, 6.07) is 0. The zero-order valence-electron chi connectivity index (χ0n) is 27.5. The van der Waals surface area contributed by atoms with Crippen molar-refractivity contribution in [2.45, 2.75) is 161 Å². The van der Waals surface area contributed by atoms with Crippen molar-refractivity contribution in [3.05, 3.63) is 48.6 Å². The van der Waals surface area contributed by atoms with E-state index in [2.05, 4.69) is 61.7 Å². The first-order valence-electron chi connectivity index (χ1n) is 17.3. The number of allylic oxidation sites excluding steroid dienone is 7. The van der Waals surface area contributed by atoms with Gasteiger partial charge in [0.25, 0.3) is 0 Å². The van der Waals surface area contributed by atoms with Crippen LogP contribution < -0.4 is 5.32 Å². The molecule has 0 fully saturated rings. The standard InChI is InChI=1S/C37H63NO5/c1-3-5-7-9-11-12-13-14-15-16-17-18-19-20-22-28-32-37(42)43-34(29-25-21-10-8-6-4-2)30-26-23-24-27-31-35(39)38-33-36(40)41/h8,10,12-13,15-16,25,29,34H,3-7,9,11,14,17-24,26-28,30-33H2,1-2H3,(H,38,39)(H,40,41)/b10-8-,13-12-,16-15-,29-25-. The largest absolute Gasteiger partial charge is 0.480 e. The number of unbranched alkanes of at least 4 members (excludes halogenated alkanes) is 13. The molecule has 0 aromatic heterocycles. The third-order valence-corrected chi connectivity index (χ3v) is 7.19. The molecule has 0 radical (unpaired) electrons. The van der Waals surface area contributed by atoms with Gasteiger partial charge >= 0.3 is 11.9 Å². The molecule has 6 nitrogen and oxygen atoms in total. The highest BCUT2D eigenvalue weighted by Crippen LogP contribution is 2.14. The van der Waals surface area contributed by atoms with Gasteiger partial charge in [-0.15, -0.1) is 0 Å². The van der Waals surface area contributed by atoms with Crippen LogP contribution in [0.3, 0.4) is 0 Å². The monoisotopic (exact) mass is 601 g/mol. The van der Waals surface area contributed by atoms with E-state index in [0.717, 1.165) is 83.5 Å². The second-order valence-corrected chi connectivity index (χ2v) is 11.4. The molecular weight excluding hydrogens is 538 g/mol. The van der Waals surface area contributed by atoms with Crippen molar-refractivity contribution in [3.63, 3.8) is 0 Å². The summed E-state index contributed by atoms with van der Waals surface area (Å²) in [5.74, 6) is -1.38. The number of carbonyl (C=O) groups is 3. The van der Waals surface area contributed by atoms with Gasteiger partial charge in [-0.3, -0.25) is 14.4 Å². The summed E-state index contributed by atoms with van der Waals surface area (Å²) >= 11 is 0. The average Bonchev–Trinajstić information content (AvgIpc) is 2.99. The fraction of sp³-hybridized carbons (Fsp3) is 0.703. The van der Waals surface area contributed by atoms with E-state index in [-0.39, 0.29) is 24.5 Å². The van der Waals surface area contributed by atoms with E-state index >= 15 is 0 Å². The lowest BCUT2D eigenvalue weighted by Crippen LogP contribution is -2.28. The Balaban J connectivity index is 4.12. The molecule has 1 atom stereocenters. The maximum absolute atomic E-state index is 12.5. The van der Waals surface area contributed by atoms with E-state index in [9.17, 15) is 14.4 Å². The molecule has 0 saturated heterocycles. The van der Waals surface area contributed by atoms with Gasteiger partial charge in [0.2, 0.25) is 5.91 Å². The minimum absolute atomic E-state index is 0.118. The van der Waals surface area contributed by atoms with Crippen molar-refractivity contribution in [2.75, 3.05) is 6.54 Å². The molecule has 0 bridgehead atoms. The number of amides is 1. The molecule has 0 rings (SSSR count). The van der Waals surface area contributed by atoms with E-state index in [1.54, 1.807) is 0 Å². The van der Waals surface area contributed by atoms with Crippen molar-refractivity contribution in [3.8, 4) is 0 Å². The van der Waals surface area contributed by atoms with Crippen LogP contribution in [0, 0.1) is 0 Å². The Morgan fingerprint density at radius 1 is 0.628 bits per heavy atom. The number of carboxylic acid groups (broad SMARTS) is 1. The molecule has 0 aliphatic rings. The number of ether oxygens (including phenoxy) is 1. The number of hydrogen-bond donors (Lipinski definition) is 2. The molecule has 0 aromatic rings. The average molecular weight is 602 g/mol. The molecular formula is C37H63NO5. The highest BCUT2D eigenvalue weighted by atomic mass is 16.5. The Bertz CT molecular complexity index is 799. The fourth-order valence-electron chi connectivity index (χ4n) is 4.62. The minimum atomic E-state index is -1.03. The first-order chi connectivity index (χ1) is 21.0. The van der Waals surface area contributed by atoms with Crippen LogP contribution in [0.1, 0.15) is 155 Å². The highest BCUT2D eigenvalue weighted by molar-refractivity contribution is 5.80. The predicted molar refractivity (Wildman–Crippen MR) is 180 cm³/mol. The number of aliphatic carboxylic acids is 1. The van der Waals surface area contributed by atoms with Crippen molar-refractivity contribution in [1.82, 2.24) is 5.32 Å². The molecule has 0 spiro atoms. The van der Waals surface area contributed by atoms with Gasteiger partial charge in [0, 0.05) is 12.8 Å². The molecule has 1 unspecified atom stereocenters. The molecule has 0 aromatic carbocycles. The molecule has 43 heavy (non-hydrogen) atoms. The van der Waals surface area contributed by atoms with Gasteiger partial charge in [0.1, 0.15) is 12.6 Å². The normalized spacial score (nSPS) is 12.6. The van der Waals surface area contributed by atoms with Gasteiger partial charge in [-0.1, -0.05) is 114 Å². The number of hydrogen-bond acceptors (Lipinski definition) is 4. The van der Waals surface area contributed by atoms with E-state index in [1.165, 1.54) is 44.9 Å². The third-order valence-electron chi connectivity index (χ3n) is 7.19. The highest BCUT2D eigenvalue weighted by Gasteiger charge is 2.11. The quantitative estimate of drug-likeness (QED) is 0.0485. The minimum Gasteiger partial charge on any atom is -0.480 e. The lowest BCUT2D eigenvalue weighted by atomic mass is 10.1. The Labute approximate surface area is 263 Å². The van der Waals surface area contributed by atoms with Crippen LogP contribution in [0.15, 0.2) is 48.6 Å². The smallest absolute Gasteiger partial charge is 0.322 e. The van der Waals surface area contributed by atoms with Gasteiger partial charge in [-0.05, 0) is 76.7 Å². The third kappa shape index (κ3) is 32.1. The van der Waals surface area contributed by atoms with Gasteiger partial charge < -0.3 is 15.2 Å². The zero-order chi connectivity index (χ0) is 31.6. The second-order valence-electron chi connectivity index (χ2n) is 11.4. The SMILES string of the molecule is CCC/C=C\C/C=C\C(CCCCCCC(=O)NCC(=O)O)OC(=O)CCCCCCC/C=C\C/C=C\CCCCCC. The summed E-state index contributed by atoms with van der Waals surface area (Å²) in [6.07, 6.45) is 39.6. The maximum atomic E-state index is 12.5. The van der Waals surface area contributed by atoms with Crippen LogP contribution in [0.25, 0.3) is 0 Å². The molecule has 0 saturated carbocycles. The van der Waals surface area contributed by atoms with E-state index in [1.807, 2.05) is 6.08 Å². The van der Waals surface area contributed by atoms with Crippen molar-refractivity contribution >= 4 is 17.8 Å². The summed E-state index contributed by atoms with van der Waals surface area (Å²) < 4.78 is 5.82. The van der Waals surface area contributed by atoms with Crippen LogP contribution in [0.2, 0.25) is 0 Å². The zero-order valence-corrected chi connectivity index (χ0v) is 27.5. The number of esters is 1. The molecule has 1 amide bonds. The van der Waals surface area contributed by atoms with Crippen LogP contribution in [0.5, 0.6) is 0 Å². The lowest BCUT2D eigenvalue weighted by Gasteiger charge is -2.14. The Hall–Kier alpha value is -2.63.